The number of nitrogens with zero attached hydrogens (tertiary/aromatic N) is 3. The summed E-state index contributed by atoms with van der Waals surface area (Å²) in [5, 5.41) is 1.13. The quantitative estimate of drug-likeness (QED) is 0.478. The first kappa shape index (κ1) is 20.6. The van der Waals surface area contributed by atoms with Crippen molar-refractivity contribution in [2.24, 2.45) is 14.1 Å². The van der Waals surface area contributed by atoms with Crippen LogP contribution in [0, 0.1) is 0 Å². The van der Waals surface area contributed by atoms with Gasteiger partial charge in [0.15, 0.2) is 0 Å². The smallest absolute Gasteiger partial charge is 0.331 e. The van der Waals surface area contributed by atoms with Crippen molar-refractivity contribution in [3.63, 3.8) is 0 Å². The molecule has 4 aromatic rings. The number of ether oxygens (including phenoxy) is 2. The number of aromatic nitrogens is 3. The zero-order valence-electron chi connectivity index (χ0n) is 18.0. The lowest BCUT2D eigenvalue weighted by Crippen LogP contribution is -2.37. The monoisotopic (exact) mass is 451 g/mol. The van der Waals surface area contributed by atoms with Gasteiger partial charge in [-0.25, -0.2) is 4.79 Å². The second-order valence-electron chi connectivity index (χ2n) is 7.85. The Balaban J connectivity index is 1.90. The van der Waals surface area contributed by atoms with Gasteiger partial charge in [-0.1, -0.05) is 23.7 Å². The summed E-state index contributed by atoms with van der Waals surface area (Å²) >= 11 is 6.09. The van der Waals surface area contributed by atoms with E-state index in [1.165, 1.54) is 11.6 Å². The normalized spacial score (nSPS) is 15.7. The van der Waals surface area contributed by atoms with Crippen molar-refractivity contribution in [1.82, 2.24) is 13.7 Å². The summed E-state index contributed by atoms with van der Waals surface area (Å²) in [6.07, 6.45) is -0.437. The SMILES string of the molecule is COc1ccc(-c2c3c(=O)n(C)c(=O)n(C)c3c3n2CCOC3c2ccc(Cl)cc2)cc1. The van der Waals surface area contributed by atoms with Crippen LogP contribution in [-0.2, 0) is 25.4 Å². The van der Waals surface area contributed by atoms with Crippen molar-refractivity contribution in [2.45, 2.75) is 12.6 Å². The highest BCUT2D eigenvalue weighted by Gasteiger charge is 2.33. The van der Waals surface area contributed by atoms with Crippen molar-refractivity contribution < 1.29 is 9.47 Å². The molecule has 8 heteroatoms. The third-order valence-corrected chi connectivity index (χ3v) is 6.34. The molecule has 1 aliphatic heterocycles. The number of aryl methyl sites for hydroxylation is 1. The number of hydrogen-bond donors (Lipinski definition) is 0. The molecular formula is C24H22ClN3O4. The Labute approximate surface area is 189 Å². The number of benzene rings is 2. The Morgan fingerprint density at radius 2 is 1.69 bits per heavy atom. The standard InChI is InChI=1S/C24H22ClN3O4/c1-26-20-18(23(29)27(2)24(26)30)19(14-6-10-17(31-3)11-7-14)28-12-13-32-22(21(20)28)15-4-8-16(25)9-5-15/h4-11,22H,12-13H2,1-3H3. The zero-order chi connectivity index (χ0) is 22.6. The third-order valence-electron chi connectivity index (χ3n) is 6.09. The summed E-state index contributed by atoms with van der Waals surface area (Å²) in [5.41, 5.74) is 3.22. The van der Waals surface area contributed by atoms with Crippen molar-refractivity contribution in [2.75, 3.05) is 13.7 Å². The molecule has 1 unspecified atom stereocenters. The fraction of sp³-hybridized carbons (Fsp3) is 0.250. The number of fused-ring (bicyclic) bond motifs is 3. The van der Waals surface area contributed by atoms with Gasteiger partial charge in [-0.05, 0) is 47.5 Å². The third kappa shape index (κ3) is 3.00. The van der Waals surface area contributed by atoms with E-state index < -0.39 is 6.10 Å². The van der Waals surface area contributed by atoms with Gasteiger partial charge in [0.2, 0.25) is 0 Å². The highest BCUT2D eigenvalue weighted by atomic mass is 35.5. The summed E-state index contributed by atoms with van der Waals surface area (Å²) < 4.78 is 16.3. The molecule has 0 fully saturated rings. The summed E-state index contributed by atoms with van der Waals surface area (Å²) in [7, 11) is 4.81. The fourth-order valence-electron chi connectivity index (χ4n) is 4.52. The zero-order valence-corrected chi connectivity index (χ0v) is 18.7. The van der Waals surface area contributed by atoms with Gasteiger partial charge in [-0.15, -0.1) is 0 Å². The predicted molar refractivity (Wildman–Crippen MR) is 124 cm³/mol. The van der Waals surface area contributed by atoms with Crippen LogP contribution < -0.4 is 16.0 Å². The van der Waals surface area contributed by atoms with Crippen LogP contribution in [0.5, 0.6) is 5.75 Å². The molecule has 3 heterocycles. The Hall–Kier alpha value is -3.29. The maximum absolute atomic E-state index is 13.4. The molecule has 0 saturated heterocycles. The number of rotatable bonds is 3. The Morgan fingerprint density at radius 1 is 1.00 bits per heavy atom. The van der Waals surface area contributed by atoms with Crippen LogP contribution in [0.3, 0.4) is 0 Å². The first-order chi connectivity index (χ1) is 15.4. The molecular weight excluding hydrogens is 430 g/mol. The highest BCUT2D eigenvalue weighted by molar-refractivity contribution is 6.30. The maximum atomic E-state index is 13.4. The van der Waals surface area contributed by atoms with Crippen molar-refractivity contribution in [3.8, 4) is 17.0 Å². The first-order valence-corrected chi connectivity index (χ1v) is 10.6. The first-order valence-electron chi connectivity index (χ1n) is 10.3. The Bertz CT molecular complexity index is 1450. The lowest BCUT2D eigenvalue weighted by atomic mass is 10.0. The van der Waals surface area contributed by atoms with E-state index in [0.717, 1.165) is 32.8 Å². The van der Waals surface area contributed by atoms with Crippen LogP contribution in [0.1, 0.15) is 17.4 Å². The molecule has 0 radical (unpaired) electrons. The minimum atomic E-state index is -0.437. The van der Waals surface area contributed by atoms with Gasteiger partial charge < -0.3 is 14.0 Å². The minimum absolute atomic E-state index is 0.328. The highest BCUT2D eigenvalue weighted by Crippen LogP contribution is 2.40. The van der Waals surface area contributed by atoms with Gasteiger partial charge in [-0.2, -0.15) is 0 Å². The van der Waals surface area contributed by atoms with E-state index in [1.807, 2.05) is 48.5 Å². The topological polar surface area (TPSA) is 67.4 Å². The molecule has 32 heavy (non-hydrogen) atoms. The number of halogens is 1. The lowest BCUT2D eigenvalue weighted by Gasteiger charge is -2.27. The molecule has 1 atom stereocenters. The van der Waals surface area contributed by atoms with Crippen LogP contribution >= 0.6 is 11.6 Å². The van der Waals surface area contributed by atoms with Gasteiger partial charge in [-0.3, -0.25) is 13.9 Å². The van der Waals surface area contributed by atoms with E-state index in [2.05, 4.69) is 4.57 Å². The van der Waals surface area contributed by atoms with E-state index in [0.29, 0.717) is 29.1 Å². The van der Waals surface area contributed by atoms with Crippen LogP contribution in [0.25, 0.3) is 22.2 Å². The molecule has 0 bridgehead atoms. The molecule has 2 aromatic heterocycles. The summed E-state index contributed by atoms with van der Waals surface area (Å²) in [6, 6.07) is 15.0. The molecule has 5 rings (SSSR count). The average Bonchev–Trinajstić information content (AvgIpc) is 3.17. The number of methoxy groups -OCH3 is 1. The second kappa shape index (κ2) is 7.69. The van der Waals surface area contributed by atoms with E-state index >= 15 is 0 Å². The van der Waals surface area contributed by atoms with Crippen molar-refractivity contribution in [3.05, 3.63) is 85.6 Å². The largest absolute Gasteiger partial charge is 0.497 e. The van der Waals surface area contributed by atoms with Gasteiger partial charge in [0.25, 0.3) is 5.56 Å². The number of hydrogen-bond acceptors (Lipinski definition) is 4. The molecule has 0 saturated carbocycles. The Kier molecular flexibility index (Phi) is 4.95. The van der Waals surface area contributed by atoms with Crippen molar-refractivity contribution in [1.29, 1.82) is 0 Å². The van der Waals surface area contributed by atoms with Crippen LogP contribution in [-0.4, -0.2) is 27.4 Å². The minimum Gasteiger partial charge on any atom is -0.497 e. The molecule has 1 aliphatic rings. The van der Waals surface area contributed by atoms with Crippen molar-refractivity contribution >= 4 is 22.5 Å². The molecule has 0 aliphatic carbocycles. The lowest BCUT2D eigenvalue weighted by molar-refractivity contribution is 0.0478. The maximum Gasteiger partial charge on any atom is 0.331 e. The van der Waals surface area contributed by atoms with Gasteiger partial charge >= 0.3 is 5.69 Å². The van der Waals surface area contributed by atoms with E-state index in [1.54, 1.807) is 14.2 Å². The second-order valence-corrected chi connectivity index (χ2v) is 8.28. The van der Waals surface area contributed by atoms with Crippen LogP contribution in [0.2, 0.25) is 5.02 Å². The molecule has 0 spiro atoms. The predicted octanol–water partition coefficient (Wildman–Crippen LogP) is 3.49. The molecule has 0 N–H and O–H groups in total. The summed E-state index contributed by atoms with van der Waals surface area (Å²) in [5.74, 6) is 0.728. The van der Waals surface area contributed by atoms with Gasteiger partial charge in [0.1, 0.15) is 11.9 Å². The van der Waals surface area contributed by atoms with E-state index in [-0.39, 0.29) is 11.2 Å². The van der Waals surface area contributed by atoms with E-state index in [9.17, 15) is 9.59 Å². The van der Waals surface area contributed by atoms with Crippen LogP contribution in [0.15, 0.2) is 58.1 Å². The van der Waals surface area contributed by atoms with E-state index in [4.69, 9.17) is 21.1 Å². The molecule has 7 nitrogen and oxygen atoms in total. The van der Waals surface area contributed by atoms with Gasteiger partial charge in [0.05, 0.1) is 36.0 Å². The molecule has 0 amide bonds. The fourth-order valence-corrected chi connectivity index (χ4v) is 4.65. The molecule has 164 valence electrons. The van der Waals surface area contributed by atoms with Gasteiger partial charge in [0, 0.05) is 25.7 Å². The Morgan fingerprint density at radius 3 is 2.34 bits per heavy atom. The summed E-state index contributed by atoms with van der Waals surface area (Å²) in [6.45, 7) is 1.03. The summed E-state index contributed by atoms with van der Waals surface area (Å²) in [4.78, 5) is 26.2. The average molecular weight is 452 g/mol. The van der Waals surface area contributed by atoms with Crippen LogP contribution in [0.4, 0.5) is 0 Å². The molecule has 2 aromatic carbocycles.